The maximum Gasteiger partial charge on any atom is 0.410 e. The number of hydrogen-bond donors (Lipinski definition) is 1. The van der Waals surface area contributed by atoms with E-state index in [4.69, 9.17) is 14.6 Å². The third-order valence-corrected chi connectivity index (χ3v) is 4.42. The van der Waals surface area contributed by atoms with Gasteiger partial charge in [-0.25, -0.2) is 4.79 Å². The molecule has 0 aliphatic rings. The van der Waals surface area contributed by atoms with Crippen LogP contribution in [0.25, 0.3) is 0 Å². The Bertz CT molecular complexity index is 866. The summed E-state index contributed by atoms with van der Waals surface area (Å²) in [5.74, 6) is 0.694. The van der Waals surface area contributed by atoms with Crippen molar-refractivity contribution < 1.29 is 19.4 Å². The molecule has 0 fully saturated rings. The Morgan fingerprint density at radius 1 is 0.793 bits per heavy atom. The highest BCUT2D eigenvalue weighted by atomic mass is 16.6. The fourth-order valence-electron chi connectivity index (χ4n) is 2.81. The number of hydrogen-bond acceptors (Lipinski definition) is 4. The van der Waals surface area contributed by atoms with Gasteiger partial charge in [-0.15, -0.1) is 0 Å². The van der Waals surface area contributed by atoms with E-state index >= 15 is 0 Å². The number of carbonyl (C=O) groups excluding carboxylic acids is 1. The average molecular weight is 391 g/mol. The maximum absolute atomic E-state index is 12.7. The molecule has 3 aromatic rings. The summed E-state index contributed by atoms with van der Waals surface area (Å²) < 4.78 is 11.3. The molecule has 0 saturated carbocycles. The number of aliphatic hydroxyl groups excluding tert-OH is 1. The molecule has 0 spiro atoms. The molecule has 0 unspecified atom stereocenters. The standard InChI is InChI=1S/C24H25NO4/c26-18-21-11-13-23(14-12-21)28-16-15-25(17-20-7-3-1-4-8-20)24(27)29-19-22-9-5-2-6-10-22/h1-14,26H,15-19H2. The van der Waals surface area contributed by atoms with Gasteiger partial charge in [0.1, 0.15) is 19.0 Å². The third kappa shape index (κ3) is 6.66. The fraction of sp³-hybridized carbons (Fsp3) is 0.208. The molecule has 1 N–H and O–H groups in total. The summed E-state index contributed by atoms with van der Waals surface area (Å²) in [5, 5.41) is 9.11. The summed E-state index contributed by atoms with van der Waals surface area (Å²) in [7, 11) is 0. The first-order chi connectivity index (χ1) is 14.2. The lowest BCUT2D eigenvalue weighted by Gasteiger charge is -2.22. The zero-order valence-electron chi connectivity index (χ0n) is 16.2. The van der Waals surface area contributed by atoms with Crippen LogP contribution in [0.2, 0.25) is 0 Å². The minimum Gasteiger partial charge on any atom is -0.492 e. The molecular formula is C24H25NO4. The Balaban J connectivity index is 1.58. The Kier molecular flexibility index (Phi) is 7.66. The molecule has 0 saturated heterocycles. The predicted octanol–water partition coefficient (Wildman–Crippen LogP) is 4.40. The fourth-order valence-corrected chi connectivity index (χ4v) is 2.81. The number of nitrogens with zero attached hydrogens (tertiary/aromatic N) is 1. The molecule has 0 bridgehead atoms. The zero-order valence-corrected chi connectivity index (χ0v) is 16.2. The monoisotopic (exact) mass is 391 g/mol. The molecule has 150 valence electrons. The van der Waals surface area contributed by atoms with Crippen LogP contribution in [0.1, 0.15) is 16.7 Å². The van der Waals surface area contributed by atoms with Crippen molar-refractivity contribution in [2.75, 3.05) is 13.2 Å². The first-order valence-corrected chi connectivity index (χ1v) is 9.57. The molecule has 3 aromatic carbocycles. The van der Waals surface area contributed by atoms with Gasteiger partial charge in [0, 0.05) is 6.54 Å². The molecule has 5 nitrogen and oxygen atoms in total. The normalized spacial score (nSPS) is 10.4. The zero-order chi connectivity index (χ0) is 20.3. The summed E-state index contributed by atoms with van der Waals surface area (Å²) in [6.07, 6.45) is -0.378. The van der Waals surface area contributed by atoms with Crippen LogP contribution < -0.4 is 4.74 Å². The van der Waals surface area contributed by atoms with E-state index in [0.717, 1.165) is 16.7 Å². The van der Waals surface area contributed by atoms with Gasteiger partial charge in [0.25, 0.3) is 0 Å². The molecule has 0 atom stereocenters. The van der Waals surface area contributed by atoms with E-state index < -0.39 is 0 Å². The van der Waals surface area contributed by atoms with Gasteiger partial charge in [-0.05, 0) is 28.8 Å². The lowest BCUT2D eigenvalue weighted by Crippen LogP contribution is -2.34. The van der Waals surface area contributed by atoms with Crippen LogP contribution in [0.4, 0.5) is 4.79 Å². The van der Waals surface area contributed by atoms with E-state index in [1.54, 1.807) is 17.0 Å². The number of carbonyl (C=O) groups is 1. The Labute approximate surface area is 171 Å². The van der Waals surface area contributed by atoms with Gasteiger partial charge < -0.3 is 19.5 Å². The summed E-state index contributed by atoms with van der Waals surface area (Å²) in [5.41, 5.74) is 2.80. The largest absolute Gasteiger partial charge is 0.492 e. The van der Waals surface area contributed by atoms with E-state index in [1.807, 2.05) is 72.8 Å². The van der Waals surface area contributed by atoms with Crippen molar-refractivity contribution in [2.45, 2.75) is 19.8 Å². The van der Waals surface area contributed by atoms with E-state index in [2.05, 4.69) is 0 Å². The van der Waals surface area contributed by atoms with Crippen LogP contribution in [0, 0.1) is 0 Å². The minimum absolute atomic E-state index is 0.00160. The van der Waals surface area contributed by atoms with Gasteiger partial charge in [-0.3, -0.25) is 0 Å². The van der Waals surface area contributed by atoms with Crippen LogP contribution in [-0.2, 0) is 24.5 Å². The first kappa shape index (κ1) is 20.4. The molecule has 0 aromatic heterocycles. The smallest absolute Gasteiger partial charge is 0.410 e. The second-order valence-corrected chi connectivity index (χ2v) is 6.60. The summed E-state index contributed by atoms with van der Waals surface area (Å²) in [4.78, 5) is 14.3. The molecule has 3 rings (SSSR count). The van der Waals surface area contributed by atoms with Crippen molar-refractivity contribution in [2.24, 2.45) is 0 Å². The van der Waals surface area contributed by atoms with Gasteiger partial charge in [-0.1, -0.05) is 72.8 Å². The van der Waals surface area contributed by atoms with Gasteiger partial charge in [0.15, 0.2) is 0 Å². The average Bonchev–Trinajstić information content (AvgIpc) is 2.78. The van der Waals surface area contributed by atoms with Gasteiger partial charge in [0.05, 0.1) is 13.2 Å². The molecule has 1 amide bonds. The maximum atomic E-state index is 12.7. The SMILES string of the molecule is O=C(OCc1ccccc1)N(CCOc1ccc(CO)cc1)Cc1ccccc1. The lowest BCUT2D eigenvalue weighted by molar-refractivity contribution is 0.0877. The lowest BCUT2D eigenvalue weighted by atomic mass is 10.2. The quantitative estimate of drug-likeness (QED) is 0.587. The number of ether oxygens (including phenoxy) is 2. The third-order valence-electron chi connectivity index (χ3n) is 4.42. The van der Waals surface area contributed by atoms with Crippen LogP contribution >= 0.6 is 0 Å². The highest BCUT2D eigenvalue weighted by Gasteiger charge is 2.16. The molecule has 0 heterocycles. The van der Waals surface area contributed by atoms with Gasteiger partial charge in [0.2, 0.25) is 0 Å². The Morgan fingerprint density at radius 2 is 1.41 bits per heavy atom. The second kappa shape index (κ2) is 10.9. The van der Waals surface area contributed by atoms with Crippen molar-refractivity contribution in [3.63, 3.8) is 0 Å². The number of amides is 1. The number of rotatable bonds is 9. The number of aliphatic hydroxyl groups is 1. The van der Waals surface area contributed by atoms with Gasteiger partial charge in [-0.2, -0.15) is 0 Å². The van der Waals surface area contributed by atoms with E-state index in [0.29, 0.717) is 25.4 Å². The minimum atomic E-state index is -0.378. The van der Waals surface area contributed by atoms with Gasteiger partial charge >= 0.3 is 6.09 Å². The van der Waals surface area contributed by atoms with Crippen LogP contribution in [0.3, 0.4) is 0 Å². The summed E-state index contributed by atoms with van der Waals surface area (Å²) in [6, 6.07) is 26.6. The molecule has 0 radical (unpaired) electrons. The van der Waals surface area contributed by atoms with Crippen LogP contribution in [0.15, 0.2) is 84.9 Å². The van der Waals surface area contributed by atoms with E-state index in [1.165, 1.54) is 0 Å². The van der Waals surface area contributed by atoms with Crippen LogP contribution in [-0.4, -0.2) is 29.3 Å². The van der Waals surface area contributed by atoms with Crippen molar-refractivity contribution in [3.05, 3.63) is 102 Å². The topological polar surface area (TPSA) is 59.0 Å². The first-order valence-electron chi connectivity index (χ1n) is 9.57. The Morgan fingerprint density at radius 3 is 2.03 bits per heavy atom. The van der Waals surface area contributed by atoms with Crippen LogP contribution in [0.5, 0.6) is 5.75 Å². The summed E-state index contributed by atoms with van der Waals surface area (Å²) in [6.45, 7) is 1.41. The van der Waals surface area contributed by atoms with Crippen molar-refractivity contribution in [1.29, 1.82) is 0 Å². The van der Waals surface area contributed by atoms with Crippen molar-refractivity contribution in [1.82, 2.24) is 4.90 Å². The van der Waals surface area contributed by atoms with E-state index in [-0.39, 0.29) is 19.3 Å². The Hall–Kier alpha value is -3.31. The predicted molar refractivity (Wildman–Crippen MR) is 111 cm³/mol. The highest BCUT2D eigenvalue weighted by molar-refractivity contribution is 5.67. The molecule has 0 aliphatic heterocycles. The molecule has 0 aliphatic carbocycles. The van der Waals surface area contributed by atoms with Crippen molar-refractivity contribution in [3.8, 4) is 5.75 Å². The second-order valence-electron chi connectivity index (χ2n) is 6.60. The highest BCUT2D eigenvalue weighted by Crippen LogP contribution is 2.13. The van der Waals surface area contributed by atoms with Crippen molar-refractivity contribution >= 4 is 6.09 Å². The summed E-state index contributed by atoms with van der Waals surface area (Å²) >= 11 is 0. The molecular weight excluding hydrogens is 366 g/mol. The molecule has 5 heteroatoms. The van der Waals surface area contributed by atoms with E-state index in [9.17, 15) is 4.79 Å². The number of benzene rings is 3. The molecule has 29 heavy (non-hydrogen) atoms.